The van der Waals surface area contributed by atoms with E-state index in [0.717, 1.165) is 42.4 Å². The summed E-state index contributed by atoms with van der Waals surface area (Å²) in [5.41, 5.74) is 4.08. The second kappa shape index (κ2) is 3.34. The summed E-state index contributed by atoms with van der Waals surface area (Å²) < 4.78 is 5.09. The Balaban J connectivity index is 2.25. The van der Waals surface area contributed by atoms with E-state index in [9.17, 15) is 4.79 Å². The van der Waals surface area contributed by atoms with Crippen LogP contribution in [0.2, 0.25) is 0 Å². The largest absolute Gasteiger partial charge is 0.387 e. The molecule has 0 amide bonds. The summed E-state index contributed by atoms with van der Waals surface area (Å²) in [6, 6.07) is 2.01. The van der Waals surface area contributed by atoms with Crippen molar-refractivity contribution in [1.29, 1.82) is 5.26 Å². The monoisotopic (exact) mass is 213 g/mol. The molecule has 0 aliphatic heterocycles. The maximum absolute atomic E-state index is 11.7. The predicted molar refractivity (Wildman–Crippen MR) is 57.4 cm³/mol. The van der Waals surface area contributed by atoms with Crippen molar-refractivity contribution >= 4 is 5.78 Å². The number of carbonyl (C=O) groups excluding carboxylic acids is 1. The standard InChI is InChI=1S/C13H11NO2/c14-7-16-13-9-3-1-2-8(9)6-11-10(13)4-5-12(11)15/h6H,1-5H2. The molecule has 3 nitrogen and oxygen atoms in total. The summed E-state index contributed by atoms with van der Waals surface area (Å²) in [7, 11) is 0. The fourth-order valence-electron chi connectivity index (χ4n) is 2.79. The van der Waals surface area contributed by atoms with Crippen molar-refractivity contribution in [2.45, 2.75) is 32.1 Å². The summed E-state index contributed by atoms with van der Waals surface area (Å²) in [6.45, 7) is 0. The molecule has 0 radical (unpaired) electrons. The van der Waals surface area contributed by atoms with Gasteiger partial charge in [0, 0.05) is 17.5 Å². The molecule has 0 heterocycles. The van der Waals surface area contributed by atoms with E-state index < -0.39 is 0 Å². The maximum Gasteiger partial charge on any atom is 0.292 e. The molecule has 1 aromatic carbocycles. The van der Waals surface area contributed by atoms with Crippen LogP contribution in [-0.2, 0) is 19.3 Å². The number of aryl methyl sites for hydroxylation is 1. The molecule has 0 bridgehead atoms. The normalized spacial score (nSPS) is 16.8. The molecule has 3 heteroatoms. The smallest absolute Gasteiger partial charge is 0.292 e. The summed E-state index contributed by atoms with van der Waals surface area (Å²) in [5, 5.41) is 8.69. The van der Waals surface area contributed by atoms with E-state index in [1.54, 1.807) is 6.26 Å². The van der Waals surface area contributed by atoms with Crippen molar-refractivity contribution in [3.8, 4) is 12.0 Å². The summed E-state index contributed by atoms with van der Waals surface area (Å²) >= 11 is 0. The lowest BCUT2D eigenvalue weighted by Crippen LogP contribution is -1.99. The Morgan fingerprint density at radius 2 is 2.06 bits per heavy atom. The zero-order valence-electron chi connectivity index (χ0n) is 8.88. The van der Waals surface area contributed by atoms with E-state index in [0.29, 0.717) is 12.2 Å². The molecule has 0 atom stereocenters. The molecule has 0 unspecified atom stereocenters. The number of ketones is 1. The van der Waals surface area contributed by atoms with E-state index in [4.69, 9.17) is 10.00 Å². The first-order valence-electron chi connectivity index (χ1n) is 5.58. The number of hydrogen-bond donors (Lipinski definition) is 0. The minimum absolute atomic E-state index is 0.187. The minimum atomic E-state index is 0.187. The van der Waals surface area contributed by atoms with Gasteiger partial charge in [-0.05, 0) is 42.9 Å². The van der Waals surface area contributed by atoms with E-state index in [1.165, 1.54) is 5.56 Å². The molecule has 2 aliphatic carbocycles. The van der Waals surface area contributed by atoms with Gasteiger partial charge >= 0.3 is 0 Å². The number of fused-ring (bicyclic) bond motifs is 2. The zero-order chi connectivity index (χ0) is 11.1. The van der Waals surface area contributed by atoms with Gasteiger partial charge in [0.25, 0.3) is 6.26 Å². The fraction of sp³-hybridized carbons (Fsp3) is 0.385. The second-order valence-corrected chi connectivity index (χ2v) is 4.34. The van der Waals surface area contributed by atoms with Crippen molar-refractivity contribution in [3.05, 3.63) is 28.3 Å². The van der Waals surface area contributed by atoms with Gasteiger partial charge in [0.1, 0.15) is 5.75 Å². The van der Waals surface area contributed by atoms with Gasteiger partial charge in [-0.15, -0.1) is 5.26 Å². The fourth-order valence-corrected chi connectivity index (χ4v) is 2.79. The molecular formula is C13H11NO2. The lowest BCUT2D eigenvalue weighted by molar-refractivity contribution is 0.0994. The van der Waals surface area contributed by atoms with E-state index in [1.807, 2.05) is 6.07 Å². The van der Waals surface area contributed by atoms with Crippen LogP contribution in [0.25, 0.3) is 0 Å². The van der Waals surface area contributed by atoms with Crippen molar-refractivity contribution in [2.75, 3.05) is 0 Å². The Bertz CT molecular complexity index is 526. The Morgan fingerprint density at radius 1 is 1.19 bits per heavy atom. The van der Waals surface area contributed by atoms with Crippen LogP contribution in [0.15, 0.2) is 6.07 Å². The number of carbonyl (C=O) groups is 1. The highest BCUT2D eigenvalue weighted by Crippen LogP contribution is 2.39. The van der Waals surface area contributed by atoms with Crippen molar-refractivity contribution < 1.29 is 9.53 Å². The highest BCUT2D eigenvalue weighted by atomic mass is 16.5. The molecule has 3 rings (SSSR count). The minimum Gasteiger partial charge on any atom is -0.387 e. The topological polar surface area (TPSA) is 50.1 Å². The van der Waals surface area contributed by atoms with Gasteiger partial charge in [0.15, 0.2) is 5.78 Å². The average molecular weight is 213 g/mol. The van der Waals surface area contributed by atoms with Crippen LogP contribution in [0.1, 0.15) is 39.9 Å². The molecule has 80 valence electrons. The number of ether oxygens (including phenoxy) is 1. The number of rotatable bonds is 1. The quantitative estimate of drug-likeness (QED) is 0.672. The van der Waals surface area contributed by atoms with Gasteiger partial charge in [-0.1, -0.05) is 0 Å². The van der Waals surface area contributed by atoms with Crippen molar-refractivity contribution in [1.82, 2.24) is 0 Å². The van der Waals surface area contributed by atoms with Gasteiger partial charge < -0.3 is 4.74 Å². The molecule has 0 aromatic heterocycles. The molecule has 0 saturated carbocycles. The highest BCUT2D eigenvalue weighted by Gasteiger charge is 2.29. The number of Topliss-reactive ketones (excluding diaryl/α,β-unsaturated/α-hetero) is 1. The molecule has 2 aliphatic rings. The Kier molecular flexibility index (Phi) is 1.97. The van der Waals surface area contributed by atoms with Crippen LogP contribution in [0.3, 0.4) is 0 Å². The molecule has 0 spiro atoms. The Morgan fingerprint density at radius 3 is 2.88 bits per heavy atom. The van der Waals surface area contributed by atoms with Crippen LogP contribution in [0, 0.1) is 11.5 Å². The first-order valence-corrected chi connectivity index (χ1v) is 5.58. The molecular weight excluding hydrogens is 202 g/mol. The van der Waals surface area contributed by atoms with Crippen molar-refractivity contribution in [2.24, 2.45) is 0 Å². The first-order chi connectivity index (χ1) is 7.81. The number of nitrogens with zero attached hydrogens (tertiary/aromatic N) is 1. The Hall–Kier alpha value is -1.82. The van der Waals surface area contributed by atoms with Crippen molar-refractivity contribution in [3.63, 3.8) is 0 Å². The van der Waals surface area contributed by atoms with Gasteiger partial charge in [-0.3, -0.25) is 4.79 Å². The molecule has 0 fully saturated rings. The predicted octanol–water partition coefficient (Wildman–Crippen LogP) is 2.16. The summed E-state index contributed by atoms with van der Waals surface area (Å²) in [4.78, 5) is 11.7. The average Bonchev–Trinajstić information content (AvgIpc) is 2.87. The number of hydrogen-bond acceptors (Lipinski definition) is 3. The van der Waals surface area contributed by atoms with Crippen LogP contribution in [0.4, 0.5) is 0 Å². The molecule has 0 N–H and O–H groups in total. The SMILES string of the molecule is N#COc1c2c(cc3c1CCC3=O)CCC2. The third-order valence-corrected chi connectivity index (χ3v) is 3.50. The second-order valence-electron chi connectivity index (χ2n) is 4.34. The summed E-state index contributed by atoms with van der Waals surface area (Å²) in [5.74, 6) is 0.867. The van der Waals surface area contributed by atoms with Gasteiger partial charge in [-0.2, -0.15) is 0 Å². The third kappa shape index (κ3) is 1.16. The van der Waals surface area contributed by atoms with E-state index >= 15 is 0 Å². The molecule has 1 aromatic rings. The van der Waals surface area contributed by atoms with Gasteiger partial charge in [0.05, 0.1) is 0 Å². The van der Waals surface area contributed by atoms with Crippen LogP contribution in [-0.4, -0.2) is 5.78 Å². The van der Waals surface area contributed by atoms with Crippen LogP contribution in [0.5, 0.6) is 5.75 Å². The molecule has 16 heavy (non-hydrogen) atoms. The maximum atomic E-state index is 11.7. The van der Waals surface area contributed by atoms with Crippen LogP contribution < -0.4 is 4.74 Å². The van der Waals surface area contributed by atoms with Gasteiger partial charge in [-0.25, -0.2) is 0 Å². The van der Waals surface area contributed by atoms with E-state index in [2.05, 4.69) is 0 Å². The number of benzene rings is 1. The lowest BCUT2D eigenvalue weighted by Gasteiger charge is -2.10. The zero-order valence-corrected chi connectivity index (χ0v) is 8.88. The summed E-state index contributed by atoms with van der Waals surface area (Å²) in [6.07, 6.45) is 6.08. The lowest BCUT2D eigenvalue weighted by atomic mass is 10.00. The molecule has 0 saturated heterocycles. The van der Waals surface area contributed by atoms with Crippen LogP contribution >= 0.6 is 0 Å². The number of nitriles is 1. The Labute approximate surface area is 93.6 Å². The highest BCUT2D eigenvalue weighted by molar-refractivity contribution is 6.01. The van der Waals surface area contributed by atoms with Gasteiger partial charge in [0.2, 0.25) is 0 Å². The third-order valence-electron chi connectivity index (χ3n) is 3.50. The first kappa shape index (κ1) is 9.41. The van der Waals surface area contributed by atoms with E-state index in [-0.39, 0.29) is 5.78 Å².